The molecule has 1 saturated carbocycles. The average molecular weight is 231 g/mol. The summed E-state index contributed by atoms with van der Waals surface area (Å²) >= 11 is 0. The van der Waals surface area contributed by atoms with Gasteiger partial charge in [0.25, 0.3) is 0 Å². The van der Waals surface area contributed by atoms with Crippen LogP contribution in [0.1, 0.15) is 24.8 Å². The first-order chi connectivity index (χ1) is 8.24. The highest BCUT2D eigenvalue weighted by Gasteiger charge is 2.49. The highest BCUT2D eigenvalue weighted by atomic mass is 16.5. The molecular formula is C15H21NO. The Labute approximate surface area is 104 Å². The molecule has 1 aromatic carbocycles. The molecule has 1 saturated heterocycles. The molecule has 17 heavy (non-hydrogen) atoms. The largest absolute Gasteiger partial charge is 0.497 e. The van der Waals surface area contributed by atoms with E-state index in [0.717, 1.165) is 11.7 Å². The van der Waals surface area contributed by atoms with Gasteiger partial charge in [0.15, 0.2) is 0 Å². The Kier molecular flexibility index (Phi) is 2.62. The third-order valence-electron chi connectivity index (χ3n) is 4.71. The lowest BCUT2D eigenvalue weighted by atomic mass is 9.74. The SMILES string of the molecule is COc1ccc([C@@]23CCC[C@@H]2CN(C)C3)cc1. The molecule has 0 spiro atoms. The van der Waals surface area contributed by atoms with Gasteiger partial charge in [0.05, 0.1) is 7.11 Å². The molecule has 1 heterocycles. The fraction of sp³-hybridized carbons (Fsp3) is 0.600. The predicted octanol–water partition coefficient (Wildman–Crippen LogP) is 2.68. The van der Waals surface area contributed by atoms with Crippen LogP contribution in [-0.2, 0) is 5.41 Å². The van der Waals surface area contributed by atoms with Crippen LogP contribution in [0.25, 0.3) is 0 Å². The minimum absolute atomic E-state index is 0.432. The minimum atomic E-state index is 0.432. The van der Waals surface area contributed by atoms with Crippen LogP contribution in [0.15, 0.2) is 24.3 Å². The van der Waals surface area contributed by atoms with Crippen molar-refractivity contribution >= 4 is 0 Å². The molecule has 1 aliphatic carbocycles. The van der Waals surface area contributed by atoms with E-state index in [1.54, 1.807) is 7.11 Å². The van der Waals surface area contributed by atoms with Crippen molar-refractivity contribution in [1.29, 1.82) is 0 Å². The normalized spacial score (nSPS) is 32.7. The van der Waals surface area contributed by atoms with Crippen LogP contribution in [0.2, 0.25) is 0 Å². The Bertz CT molecular complexity index is 400. The van der Waals surface area contributed by atoms with Crippen molar-refractivity contribution in [2.24, 2.45) is 5.92 Å². The van der Waals surface area contributed by atoms with Crippen LogP contribution >= 0.6 is 0 Å². The zero-order valence-corrected chi connectivity index (χ0v) is 10.8. The van der Waals surface area contributed by atoms with Gasteiger partial charge in [-0.05, 0) is 43.5 Å². The third-order valence-corrected chi connectivity index (χ3v) is 4.71. The number of ether oxygens (including phenoxy) is 1. The maximum atomic E-state index is 5.25. The molecule has 2 nitrogen and oxygen atoms in total. The summed E-state index contributed by atoms with van der Waals surface area (Å²) < 4.78 is 5.25. The van der Waals surface area contributed by atoms with Gasteiger partial charge in [0, 0.05) is 18.5 Å². The molecule has 1 aromatic rings. The number of nitrogens with zero attached hydrogens (tertiary/aromatic N) is 1. The molecule has 2 atom stereocenters. The topological polar surface area (TPSA) is 12.5 Å². The van der Waals surface area contributed by atoms with Gasteiger partial charge in [0.2, 0.25) is 0 Å². The second kappa shape index (κ2) is 4.02. The van der Waals surface area contributed by atoms with Gasteiger partial charge in [-0.15, -0.1) is 0 Å². The van der Waals surface area contributed by atoms with Crippen LogP contribution in [0, 0.1) is 5.92 Å². The van der Waals surface area contributed by atoms with Crippen molar-refractivity contribution < 1.29 is 4.74 Å². The van der Waals surface area contributed by atoms with E-state index in [1.807, 2.05) is 0 Å². The number of methoxy groups -OCH3 is 1. The van der Waals surface area contributed by atoms with Crippen LogP contribution in [-0.4, -0.2) is 32.1 Å². The smallest absolute Gasteiger partial charge is 0.118 e. The van der Waals surface area contributed by atoms with Crippen LogP contribution < -0.4 is 4.74 Å². The summed E-state index contributed by atoms with van der Waals surface area (Å²) in [4.78, 5) is 2.49. The lowest BCUT2D eigenvalue weighted by Crippen LogP contribution is -2.30. The number of rotatable bonds is 2. The predicted molar refractivity (Wildman–Crippen MR) is 69.5 cm³/mol. The van der Waals surface area contributed by atoms with E-state index in [-0.39, 0.29) is 0 Å². The van der Waals surface area contributed by atoms with E-state index in [9.17, 15) is 0 Å². The van der Waals surface area contributed by atoms with Gasteiger partial charge < -0.3 is 9.64 Å². The van der Waals surface area contributed by atoms with Crippen molar-refractivity contribution in [3.8, 4) is 5.75 Å². The first-order valence-electron chi connectivity index (χ1n) is 6.58. The second-order valence-electron chi connectivity index (χ2n) is 5.67. The summed E-state index contributed by atoms with van der Waals surface area (Å²) in [5, 5.41) is 0. The standard InChI is InChI=1S/C15H21NO/c1-16-10-13-4-3-9-15(13,11-16)12-5-7-14(17-2)8-6-12/h5-8,13H,3-4,9-11H2,1-2H3/t13-,15+/m1/s1. The zero-order chi connectivity index (χ0) is 11.9. The van der Waals surface area contributed by atoms with Crippen molar-refractivity contribution in [3.63, 3.8) is 0 Å². The van der Waals surface area contributed by atoms with Gasteiger partial charge in [-0.25, -0.2) is 0 Å². The Balaban J connectivity index is 1.95. The molecule has 0 unspecified atom stereocenters. The Morgan fingerprint density at radius 1 is 1.29 bits per heavy atom. The van der Waals surface area contributed by atoms with Gasteiger partial charge in [-0.3, -0.25) is 0 Å². The summed E-state index contributed by atoms with van der Waals surface area (Å²) in [6.45, 7) is 2.50. The maximum absolute atomic E-state index is 5.25. The molecule has 1 aliphatic heterocycles. The fourth-order valence-corrected chi connectivity index (χ4v) is 3.94. The van der Waals surface area contributed by atoms with E-state index < -0.39 is 0 Å². The molecular weight excluding hydrogens is 210 g/mol. The van der Waals surface area contributed by atoms with Crippen molar-refractivity contribution in [3.05, 3.63) is 29.8 Å². The monoisotopic (exact) mass is 231 g/mol. The number of hydrogen-bond donors (Lipinski definition) is 0. The number of likely N-dealkylation sites (tertiary alicyclic amines) is 1. The quantitative estimate of drug-likeness (QED) is 0.776. The highest BCUT2D eigenvalue weighted by molar-refractivity contribution is 5.35. The fourth-order valence-electron chi connectivity index (χ4n) is 3.94. The summed E-state index contributed by atoms with van der Waals surface area (Å²) in [5.41, 5.74) is 1.95. The zero-order valence-electron chi connectivity index (χ0n) is 10.8. The van der Waals surface area contributed by atoms with E-state index >= 15 is 0 Å². The van der Waals surface area contributed by atoms with Gasteiger partial charge in [-0.1, -0.05) is 18.6 Å². The summed E-state index contributed by atoms with van der Waals surface area (Å²) in [5.74, 6) is 1.83. The van der Waals surface area contributed by atoms with Crippen LogP contribution in [0.4, 0.5) is 0 Å². The van der Waals surface area contributed by atoms with Gasteiger partial charge in [0.1, 0.15) is 5.75 Å². The van der Waals surface area contributed by atoms with E-state index in [4.69, 9.17) is 4.74 Å². The molecule has 0 radical (unpaired) electrons. The third kappa shape index (κ3) is 1.66. The molecule has 92 valence electrons. The summed E-state index contributed by atoms with van der Waals surface area (Å²) in [7, 11) is 3.98. The Morgan fingerprint density at radius 3 is 2.76 bits per heavy atom. The minimum Gasteiger partial charge on any atom is -0.497 e. The van der Waals surface area contributed by atoms with Crippen molar-refractivity contribution in [1.82, 2.24) is 4.90 Å². The molecule has 2 aliphatic rings. The molecule has 0 aromatic heterocycles. The van der Waals surface area contributed by atoms with Crippen molar-refractivity contribution in [2.75, 3.05) is 27.2 Å². The van der Waals surface area contributed by atoms with Crippen molar-refractivity contribution in [2.45, 2.75) is 24.7 Å². The lowest BCUT2D eigenvalue weighted by Gasteiger charge is -2.29. The lowest BCUT2D eigenvalue weighted by molar-refractivity contribution is 0.359. The molecule has 0 bridgehead atoms. The van der Waals surface area contributed by atoms with E-state index in [2.05, 4.69) is 36.2 Å². The van der Waals surface area contributed by atoms with E-state index in [1.165, 1.54) is 37.9 Å². The summed E-state index contributed by atoms with van der Waals surface area (Å²) in [6, 6.07) is 8.77. The number of hydrogen-bond acceptors (Lipinski definition) is 2. The summed E-state index contributed by atoms with van der Waals surface area (Å²) in [6.07, 6.45) is 4.15. The number of benzene rings is 1. The highest BCUT2D eigenvalue weighted by Crippen LogP contribution is 2.50. The van der Waals surface area contributed by atoms with Gasteiger partial charge >= 0.3 is 0 Å². The first kappa shape index (κ1) is 11.1. The number of likely N-dealkylation sites (N-methyl/N-ethyl adjacent to an activating group) is 1. The van der Waals surface area contributed by atoms with E-state index in [0.29, 0.717) is 5.41 Å². The Morgan fingerprint density at radius 2 is 2.06 bits per heavy atom. The molecule has 2 fully saturated rings. The molecule has 2 heteroatoms. The first-order valence-corrected chi connectivity index (χ1v) is 6.58. The Hall–Kier alpha value is -1.02. The maximum Gasteiger partial charge on any atom is 0.118 e. The molecule has 0 N–H and O–H groups in total. The second-order valence-corrected chi connectivity index (χ2v) is 5.67. The van der Waals surface area contributed by atoms with Crippen LogP contribution in [0.3, 0.4) is 0 Å². The molecule has 3 rings (SSSR count). The van der Waals surface area contributed by atoms with Crippen LogP contribution in [0.5, 0.6) is 5.75 Å². The van der Waals surface area contributed by atoms with Gasteiger partial charge in [-0.2, -0.15) is 0 Å². The molecule has 0 amide bonds. The number of fused-ring (bicyclic) bond motifs is 1. The average Bonchev–Trinajstić information content (AvgIpc) is 2.86.